The van der Waals surface area contributed by atoms with Crippen molar-refractivity contribution < 1.29 is 4.52 Å². The normalized spacial score (nSPS) is 19.9. The van der Waals surface area contributed by atoms with Gasteiger partial charge in [0.05, 0.1) is 5.25 Å². The van der Waals surface area contributed by atoms with E-state index in [2.05, 4.69) is 10.1 Å². The van der Waals surface area contributed by atoms with Gasteiger partial charge in [0.2, 0.25) is 11.7 Å². The number of hydrogen-bond acceptors (Lipinski definition) is 5. The van der Waals surface area contributed by atoms with E-state index in [4.69, 9.17) is 10.3 Å². The molecule has 1 aliphatic heterocycles. The van der Waals surface area contributed by atoms with E-state index in [0.717, 1.165) is 23.6 Å². The van der Waals surface area contributed by atoms with Crippen molar-refractivity contribution in [1.82, 2.24) is 10.1 Å². The second-order valence-corrected chi connectivity index (χ2v) is 5.74. The van der Waals surface area contributed by atoms with E-state index >= 15 is 0 Å². The molecular formula is C13H15N3OS. The number of thioether (sulfide) groups is 1. The molecule has 2 heterocycles. The molecule has 0 amide bonds. The molecule has 0 saturated carbocycles. The van der Waals surface area contributed by atoms with Gasteiger partial charge < -0.3 is 10.3 Å². The lowest BCUT2D eigenvalue weighted by Crippen LogP contribution is -2.02. The van der Waals surface area contributed by atoms with Crippen LogP contribution in [0.3, 0.4) is 0 Å². The number of hydrogen-bond donors (Lipinski definition) is 1. The topological polar surface area (TPSA) is 64.9 Å². The summed E-state index contributed by atoms with van der Waals surface area (Å²) < 4.78 is 5.38. The summed E-state index contributed by atoms with van der Waals surface area (Å²) in [5, 5.41) is 4.42. The third kappa shape index (κ3) is 2.36. The predicted molar refractivity (Wildman–Crippen MR) is 73.2 cm³/mol. The Morgan fingerprint density at radius 3 is 2.78 bits per heavy atom. The summed E-state index contributed by atoms with van der Waals surface area (Å²) in [6.07, 6.45) is 3.67. The first-order chi connectivity index (χ1) is 8.83. The van der Waals surface area contributed by atoms with Crippen LogP contribution in [0.25, 0.3) is 11.4 Å². The minimum absolute atomic E-state index is 0.369. The van der Waals surface area contributed by atoms with Gasteiger partial charge in [0.15, 0.2) is 0 Å². The van der Waals surface area contributed by atoms with Crippen LogP contribution in [0.5, 0.6) is 0 Å². The van der Waals surface area contributed by atoms with Crippen molar-refractivity contribution in [2.45, 2.75) is 24.5 Å². The van der Waals surface area contributed by atoms with Crippen molar-refractivity contribution in [1.29, 1.82) is 0 Å². The SMILES string of the molecule is Nc1ccc(-c2noc(C3CCCCS3)n2)cc1. The number of rotatable bonds is 2. The fraction of sp³-hybridized carbons (Fsp3) is 0.385. The van der Waals surface area contributed by atoms with Crippen LogP contribution in [0.15, 0.2) is 28.8 Å². The predicted octanol–water partition coefficient (Wildman–Crippen LogP) is 3.28. The molecular weight excluding hydrogens is 246 g/mol. The first-order valence-corrected chi connectivity index (χ1v) is 7.19. The summed E-state index contributed by atoms with van der Waals surface area (Å²) in [4.78, 5) is 4.49. The molecule has 18 heavy (non-hydrogen) atoms. The summed E-state index contributed by atoms with van der Waals surface area (Å²) in [6.45, 7) is 0. The molecule has 1 atom stereocenters. The van der Waals surface area contributed by atoms with Gasteiger partial charge in [-0.25, -0.2) is 0 Å². The minimum atomic E-state index is 0.369. The quantitative estimate of drug-likeness (QED) is 0.840. The summed E-state index contributed by atoms with van der Waals surface area (Å²) in [5.74, 6) is 2.59. The van der Waals surface area contributed by atoms with Crippen molar-refractivity contribution in [3.8, 4) is 11.4 Å². The van der Waals surface area contributed by atoms with Gasteiger partial charge in [0.25, 0.3) is 0 Å². The van der Waals surface area contributed by atoms with Gasteiger partial charge in [-0.3, -0.25) is 0 Å². The number of nitrogen functional groups attached to an aromatic ring is 1. The highest BCUT2D eigenvalue weighted by Crippen LogP contribution is 2.37. The van der Waals surface area contributed by atoms with Crippen LogP contribution in [0, 0.1) is 0 Å². The summed E-state index contributed by atoms with van der Waals surface area (Å²) in [6, 6.07) is 7.53. The Labute approximate surface area is 110 Å². The average Bonchev–Trinajstić information content (AvgIpc) is 2.90. The maximum Gasteiger partial charge on any atom is 0.240 e. The fourth-order valence-corrected chi connectivity index (χ4v) is 3.28. The number of anilines is 1. The van der Waals surface area contributed by atoms with Crippen LogP contribution in [0.1, 0.15) is 30.4 Å². The van der Waals surface area contributed by atoms with Crippen LogP contribution >= 0.6 is 11.8 Å². The molecule has 94 valence electrons. The van der Waals surface area contributed by atoms with E-state index in [1.165, 1.54) is 18.6 Å². The maximum absolute atomic E-state index is 5.66. The van der Waals surface area contributed by atoms with Gasteiger partial charge in [-0.05, 0) is 42.9 Å². The lowest BCUT2D eigenvalue weighted by Gasteiger charge is -2.16. The van der Waals surface area contributed by atoms with Crippen molar-refractivity contribution in [3.05, 3.63) is 30.2 Å². The van der Waals surface area contributed by atoms with Crippen LogP contribution in [0.2, 0.25) is 0 Å². The summed E-state index contributed by atoms with van der Waals surface area (Å²) >= 11 is 1.91. The molecule has 1 aliphatic rings. The van der Waals surface area contributed by atoms with Crippen molar-refractivity contribution in [3.63, 3.8) is 0 Å². The molecule has 0 spiro atoms. The Kier molecular flexibility index (Phi) is 3.23. The molecule has 2 aromatic rings. The molecule has 4 nitrogen and oxygen atoms in total. The van der Waals surface area contributed by atoms with E-state index < -0.39 is 0 Å². The molecule has 0 aliphatic carbocycles. The van der Waals surface area contributed by atoms with E-state index in [1.54, 1.807) is 0 Å². The molecule has 1 saturated heterocycles. The lowest BCUT2D eigenvalue weighted by atomic mass is 10.2. The van der Waals surface area contributed by atoms with Crippen LogP contribution < -0.4 is 5.73 Å². The van der Waals surface area contributed by atoms with E-state index in [9.17, 15) is 0 Å². The first kappa shape index (κ1) is 11.6. The van der Waals surface area contributed by atoms with Crippen LogP contribution in [-0.4, -0.2) is 15.9 Å². The fourth-order valence-electron chi connectivity index (χ4n) is 2.05. The zero-order valence-electron chi connectivity index (χ0n) is 10.0. The molecule has 0 radical (unpaired) electrons. The molecule has 5 heteroatoms. The van der Waals surface area contributed by atoms with Crippen molar-refractivity contribution >= 4 is 17.4 Å². The standard InChI is InChI=1S/C13H15N3OS/c14-10-6-4-9(5-7-10)12-15-13(17-16-12)11-3-1-2-8-18-11/h4-7,11H,1-3,8,14H2. The van der Waals surface area contributed by atoms with Gasteiger partial charge in [-0.2, -0.15) is 4.98 Å². The molecule has 3 rings (SSSR count). The number of nitrogens with two attached hydrogens (primary N) is 1. The van der Waals surface area contributed by atoms with Gasteiger partial charge in [-0.15, -0.1) is 11.8 Å². The van der Waals surface area contributed by atoms with Crippen LogP contribution in [-0.2, 0) is 0 Å². The first-order valence-electron chi connectivity index (χ1n) is 6.14. The smallest absolute Gasteiger partial charge is 0.240 e. The number of nitrogens with zero attached hydrogens (tertiary/aromatic N) is 2. The second-order valence-electron chi connectivity index (χ2n) is 4.43. The third-order valence-electron chi connectivity index (χ3n) is 3.07. The van der Waals surface area contributed by atoms with Gasteiger partial charge >= 0.3 is 0 Å². The Hall–Kier alpha value is -1.49. The molecule has 2 N–H and O–H groups in total. The number of benzene rings is 1. The van der Waals surface area contributed by atoms with Gasteiger partial charge in [0.1, 0.15) is 0 Å². The van der Waals surface area contributed by atoms with E-state index in [-0.39, 0.29) is 0 Å². The highest BCUT2D eigenvalue weighted by molar-refractivity contribution is 7.99. The monoisotopic (exact) mass is 261 g/mol. The van der Waals surface area contributed by atoms with E-state index in [1.807, 2.05) is 36.0 Å². The average molecular weight is 261 g/mol. The largest absolute Gasteiger partial charge is 0.399 e. The van der Waals surface area contributed by atoms with E-state index in [0.29, 0.717) is 11.1 Å². The number of aromatic nitrogens is 2. The molecule has 1 fully saturated rings. The zero-order valence-corrected chi connectivity index (χ0v) is 10.8. The Balaban J connectivity index is 1.82. The maximum atomic E-state index is 5.66. The second kappa shape index (κ2) is 5.02. The minimum Gasteiger partial charge on any atom is -0.399 e. The lowest BCUT2D eigenvalue weighted by molar-refractivity contribution is 0.370. The summed E-state index contributed by atoms with van der Waals surface area (Å²) in [7, 11) is 0. The highest BCUT2D eigenvalue weighted by Gasteiger charge is 2.22. The molecule has 1 aromatic heterocycles. The molecule has 1 aromatic carbocycles. The summed E-state index contributed by atoms with van der Waals surface area (Å²) in [5.41, 5.74) is 7.34. The molecule has 0 bridgehead atoms. The Morgan fingerprint density at radius 2 is 2.06 bits per heavy atom. The van der Waals surface area contributed by atoms with Crippen LogP contribution in [0.4, 0.5) is 5.69 Å². The van der Waals surface area contributed by atoms with Gasteiger partial charge in [0, 0.05) is 11.3 Å². The van der Waals surface area contributed by atoms with Crippen molar-refractivity contribution in [2.75, 3.05) is 11.5 Å². The zero-order chi connectivity index (χ0) is 12.4. The third-order valence-corrected chi connectivity index (χ3v) is 4.43. The Bertz CT molecular complexity index is 517. The Morgan fingerprint density at radius 1 is 1.22 bits per heavy atom. The van der Waals surface area contributed by atoms with Crippen molar-refractivity contribution in [2.24, 2.45) is 0 Å². The highest BCUT2D eigenvalue weighted by atomic mass is 32.2. The molecule has 1 unspecified atom stereocenters. The van der Waals surface area contributed by atoms with Gasteiger partial charge in [-0.1, -0.05) is 11.6 Å².